The fourth-order valence-corrected chi connectivity index (χ4v) is 6.07. The number of carbonyl (C=O) groups is 2. The third kappa shape index (κ3) is 8.63. The Morgan fingerprint density at radius 3 is 2.38 bits per heavy atom. The SMILES string of the molecule is CCC(C(=O)NC1CCCCC1)N(Cc1ccccc1Cl)C(=O)CCCN(c1ccc(F)c(F)c1)S(C)(=O)=O. The second-order valence-electron chi connectivity index (χ2n) is 9.92. The van der Waals surface area contributed by atoms with Crippen LogP contribution in [0.5, 0.6) is 0 Å². The van der Waals surface area contributed by atoms with E-state index in [1.54, 1.807) is 24.3 Å². The molecule has 3 rings (SSSR count). The topological polar surface area (TPSA) is 86.8 Å². The monoisotopic (exact) mass is 583 g/mol. The number of rotatable bonds is 12. The predicted molar refractivity (Wildman–Crippen MR) is 149 cm³/mol. The fourth-order valence-electron chi connectivity index (χ4n) is 4.92. The van der Waals surface area contributed by atoms with Gasteiger partial charge in [0.2, 0.25) is 21.8 Å². The average Bonchev–Trinajstić information content (AvgIpc) is 2.89. The normalized spacial score (nSPS) is 15.0. The zero-order chi connectivity index (χ0) is 28.6. The van der Waals surface area contributed by atoms with Crippen LogP contribution in [0.3, 0.4) is 0 Å². The van der Waals surface area contributed by atoms with Crippen LogP contribution in [0, 0.1) is 11.6 Å². The lowest BCUT2D eigenvalue weighted by atomic mass is 9.95. The van der Waals surface area contributed by atoms with Crippen LogP contribution in [0.4, 0.5) is 14.5 Å². The van der Waals surface area contributed by atoms with Gasteiger partial charge in [0.1, 0.15) is 6.04 Å². The molecule has 1 unspecified atom stereocenters. The minimum Gasteiger partial charge on any atom is -0.352 e. The molecule has 0 spiro atoms. The summed E-state index contributed by atoms with van der Waals surface area (Å²) in [6.07, 6.45) is 6.46. The number of amides is 2. The van der Waals surface area contributed by atoms with E-state index in [0.717, 1.165) is 54.8 Å². The number of benzene rings is 2. The van der Waals surface area contributed by atoms with Gasteiger partial charge >= 0.3 is 0 Å². The zero-order valence-corrected chi connectivity index (χ0v) is 23.9. The molecule has 1 aliphatic carbocycles. The quantitative estimate of drug-likeness (QED) is 0.361. The molecule has 39 heavy (non-hydrogen) atoms. The third-order valence-electron chi connectivity index (χ3n) is 6.98. The summed E-state index contributed by atoms with van der Waals surface area (Å²) in [5, 5.41) is 3.58. The number of hydrogen-bond acceptors (Lipinski definition) is 4. The Balaban J connectivity index is 1.77. The van der Waals surface area contributed by atoms with Gasteiger partial charge in [0, 0.05) is 36.6 Å². The van der Waals surface area contributed by atoms with Crippen molar-refractivity contribution in [2.24, 2.45) is 0 Å². The van der Waals surface area contributed by atoms with E-state index in [0.29, 0.717) is 17.0 Å². The standard InChI is InChI=1S/C28H36ClF2N3O4S/c1-3-26(28(36)32-21-11-5-4-6-12-21)33(19-20-10-7-8-13-23(20)29)27(35)14-9-17-34(39(2,37)38)22-15-16-24(30)25(31)18-22/h7-8,10,13,15-16,18,21,26H,3-6,9,11-12,14,17,19H2,1-2H3,(H,32,36). The average molecular weight is 584 g/mol. The summed E-state index contributed by atoms with van der Waals surface area (Å²) < 4.78 is 52.9. The molecule has 11 heteroatoms. The Morgan fingerprint density at radius 2 is 1.77 bits per heavy atom. The van der Waals surface area contributed by atoms with Crippen molar-refractivity contribution in [3.8, 4) is 0 Å². The fraction of sp³-hybridized carbons (Fsp3) is 0.500. The van der Waals surface area contributed by atoms with Crippen molar-refractivity contribution >= 4 is 39.1 Å². The second-order valence-corrected chi connectivity index (χ2v) is 12.2. The number of nitrogens with one attached hydrogen (secondary N) is 1. The highest BCUT2D eigenvalue weighted by Gasteiger charge is 2.31. The molecular formula is C28H36ClF2N3O4S. The number of anilines is 1. The number of sulfonamides is 1. The summed E-state index contributed by atoms with van der Waals surface area (Å²) >= 11 is 6.37. The number of hydrogen-bond donors (Lipinski definition) is 1. The van der Waals surface area contributed by atoms with E-state index < -0.39 is 27.7 Å². The van der Waals surface area contributed by atoms with Gasteiger partial charge in [-0.05, 0) is 49.4 Å². The molecule has 0 heterocycles. The summed E-state index contributed by atoms with van der Waals surface area (Å²) in [5.74, 6) is -2.81. The highest BCUT2D eigenvalue weighted by molar-refractivity contribution is 7.92. The van der Waals surface area contributed by atoms with Crippen molar-refractivity contribution in [2.45, 2.75) is 76.9 Å². The van der Waals surface area contributed by atoms with Gasteiger partial charge in [0.15, 0.2) is 11.6 Å². The van der Waals surface area contributed by atoms with Crippen molar-refractivity contribution < 1.29 is 26.8 Å². The maximum atomic E-state index is 13.8. The van der Waals surface area contributed by atoms with Crippen LogP contribution in [-0.4, -0.2) is 50.0 Å². The number of halogens is 3. The van der Waals surface area contributed by atoms with Crippen LogP contribution >= 0.6 is 11.6 Å². The summed E-state index contributed by atoms with van der Waals surface area (Å²) in [5.41, 5.74) is 0.658. The molecule has 2 aromatic carbocycles. The Hall–Kier alpha value is -2.72. The second kappa shape index (κ2) is 14.1. The lowest BCUT2D eigenvalue weighted by molar-refractivity contribution is -0.141. The molecule has 1 atom stereocenters. The molecule has 1 fully saturated rings. The van der Waals surface area contributed by atoms with E-state index in [2.05, 4.69) is 5.32 Å². The molecule has 1 aliphatic rings. The minimum absolute atomic E-state index is 0.0323. The van der Waals surface area contributed by atoms with E-state index in [4.69, 9.17) is 11.6 Å². The molecule has 2 amide bonds. The molecule has 0 aliphatic heterocycles. The first-order valence-electron chi connectivity index (χ1n) is 13.3. The first-order chi connectivity index (χ1) is 18.5. The highest BCUT2D eigenvalue weighted by atomic mass is 35.5. The largest absolute Gasteiger partial charge is 0.352 e. The van der Waals surface area contributed by atoms with E-state index >= 15 is 0 Å². The van der Waals surface area contributed by atoms with Crippen LogP contribution in [-0.2, 0) is 26.2 Å². The molecule has 1 N–H and O–H groups in total. The minimum atomic E-state index is -3.83. The van der Waals surface area contributed by atoms with Gasteiger partial charge in [0.25, 0.3) is 0 Å². The van der Waals surface area contributed by atoms with Crippen LogP contribution in [0.2, 0.25) is 5.02 Å². The molecule has 0 aromatic heterocycles. The van der Waals surface area contributed by atoms with Crippen molar-refractivity contribution in [3.05, 3.63) is 64.7 Å². The summed E-state index contributed by atoms with van der Waals surface area (Å²) in [6.45, 7) is 1.83. The molecule has 0 saturated heterocycles. The molecule has 2 aromatic rings. The van der Waals surface area contributed by atoms with E-state index in [1.807, 2.05) is 6.92 Å². The summed E-state index contributed by atoms with van der Waals surface area (Å²) in [7, 11) is -3.83. The van der Waals surface area contributed by atoms with Crippen molar-refractivity contribution in [1.82, 2.24) is 10.2 Å². The van der Waals surface area contributed by atoms with Gasteiger partial charge in [-0.1, -0.05) is 56.0 Å². The number of nitrogens with zero attached hydrogens (tertiary/aromatic N) is 2. The zero-order valence-electron chi connectivity index (χ0n) is 22.3. The van der Waals surface area contributed by atoms with E-state index in [9.17, 15) is 26.8 Å². The maximum Gasteiger partial charge on any atom is 0.243 e. The van der Waals surface area contributed by atoms with Gasteiger partial charge in [0.05, 0.1) is 11.9 Å². The van der Waals surface area contributed by atoms with Gasteiger partial charge in [-0.15, -0.1) is 0 Å². The van der Waals surface area contributed by atoms with Crippen LogP contribution in [0.15, 0.2) is 42.5 Å². The molecule has 214 valence electrons. The first-order valence-corrected chi connectivity index (χ1v) is 15.5. The van der Waals surface area contributed by atoms with Gasteiger partial charge in [-0.25, -0.2) is 17.2 Å². The summed E-state index contributed by atoms with van der Waals surface area (Å²) in [6, 6.07) is 9.29. The molecule has 0 bridgehead atoms. The first kappa shape index (κ1) is 30.8. The van der Waals surface area contributed by atoms with Crippen molar-refractivity contribution in [3.63, 3.8) is 0 Å². The Bertz CT molecular complexity index is 1260. The van der Waals surface area contributed by atoms with Crippen LogP contribution in [0.1, 0.15) is 63.9 Å². The smallest absolute Gasteiger partial charge is 0.243 e. The Labute approximate surface area is 234 Å². The van der Waals surface area contributed by atoms with Gasteiger partial charge in [-0.3, -0.25) is 13.9 Å². The molecular weight excluding hydrogens is 548 g/mol. The molecule has 0 radical (unpaired) electrons. The van der Waals surface area contributed by atoms with Gasteiger partial charge in [-0.2, -0.15) is 0 Å². The Morgan fingerprint density at radius 1 is 1.08 bits per heavy atom. The van der Waals surface area contributed by atoms with Crippen molar-refractivity contribution in [1.29, 1.82) is 0 Å². The lowest BCUT2D eigenvalue weighted by Gasteiger charge is -2.33. The van der Waals surface area contributed by atoms with E-state index in [-0.39, 0.29) is 49.5 Å². The highest BCUT2D eigenvalue weighted by Crippen LogP contribution is 2.24. The Kier molecular flexibility index (Phi) is 11.1. The molecule has 1 saturated carbocycles. The van der Waals surface area contributed by atoms with E-state index in [1.165, 1.54) is 11.0 Å². The molecule has 7 nitrogen and oxygen atoms in total. The van der Waals surface area contributed by atoms with Crippen LogP contribution < -0.4 is 9.62 Å². The van der Waals surface area contributed by atoms with Gasteiger partial charge < -0.3 is 10.2 Å². The maximum absolute atomic E-state index is 13.8. The lowest BCUT2D eigenvalue weighted by Crippen LogP contribution is -2.51. The number of carbonyl (C=O) groups excluding carboxylic acids is 2. The predicted octanol–water partition coefficient (Wildman–Crippen LogP) is 5.42. The summed E-state index contributed by atoms with van der Waals surface area (Å²) in [4.78, 5) is 28.4. The third-order valence-corrected chi connectivity index (χ3v) is 8.54. The van der Waals surface area contributed by atoms with Crippen LogP contribution in [0.25, 0.3) is 0 Å². The van der Waals surface area contributed by atoms with Crippen molar-refractivity contribution in [2.75, 3.05) is 17.1 Å².